The number of ether oxygens (including phenoxy) is 1. The molecule has 26 heavy (non-hydrogen) atoms. The van der Waals surface area contributed by atoms with Crippen LogP contribution < -0.4 is 10.3 Å². The molecule has 0 N–H and O–H groups in total. The van der Waals surface area contributed by atoms with Gasteiger partial charge in [-0.1, -0.05) is 23.9 Å². The fourth-order valence-corrected chi connectivity index (χ4v) is 3.79. The monoisotopic (exact) mass is 386 g/mol. The molecule has 0 atom stereocenters. The topological polar surface area (TPSA) is 82.5 Å². The van der Waals surface area contributed by atoms with Gasteiger partial charge in [0.2, 0.25) is 5.89 Å². The highest BCUT2D eigenvalue weighted by atomic mass is 32.2. The van der Waals surface area contributed by atoms with Crippen molar-refractivity contribution in [2.75, 3.05) is 7.11 Å². The zero-order chi connectivity index (χ0) is 17.9. The van der Waals surface area contributed by atoms with E-state index in [4.69, 9.17) is 9.15 Å². The van der Waals surface area contributed by atoms with Crippen LogP contribution in [0.15, 0.2) is 56.3 Å². The van der Waals surface area contributed by atoms with Gasteiger partial charge in [0.05, 0.1) is 19.2 Å². The lowest BCUT2D eigenvalue weighted by molar-refractivity contribution is 0.413. The van der Waals surface area contributed by atoms with Crippen molar-refractivity contribution in [3.8, 4) is 5.75 Å². The first-order valence-electron chi connectivity index (χ1n) is 7.75. The second-order valence-electron chi connectivity index (χ2n) is 5.42. The molecule has 4 aromatic rings. The van der Waals surface area contributed by atoms with Gasteiger partial charge in [-0.3, -0.25) is 9.20 Å². The molecule has 3 aromatic heterocycles. The molecular formula is C17H14N4O3S2. The largest absolute Gasteiger partial charge is 0.497 e. The third kappa shape index (κ3) is 3.63. The van der Waals surface area contributed by atoms with Crippen LogP contribution in [0, 0.1) is 0 Å². The number of aromatic nitrogens is 4. The highest BCUT2D eigenvalue weighted by Crippen LogP contribution is 2.22. The minimum atomic E-state index is -0.0856. The molecule has 0 aliphatic rings. The molecule has 0 spiro atoms. The van der Waals surface area contributed by atoms with Crippen LogP contribution in [0.25, 0.3) is 4.96 Å². The Hall–Kier alpha value is -2.65. The van der Waals surface area contributed by atoms with E-state index < -0.39 is 0 Å². The molecule has 0 aliphatic carbocycles. The minimum absolute atomic E-state index is 0.0856. The van der Waals surface area contributed by atoms with Gasteiger partial charge in [0.25, 0.3) is 10.8 Å². The quantitative estimate of drug-likeness (QED) is 0.471. The summed E-state index contributed by atoms with van der Waals surface area (Å²) in [6.07, 6.45) is 2.27. The van der Waals surface area contributed by atoms with E-state index in [1.807, 2.05) is 29.6 Å². The van der Waals surface area contributed by atoms with Gasteiger partial charge < -0.3 is 9.15 Å². The molecular weight excluding hydrogens is 372 g/mol. The molecule has 9 heteroatoms. The number of thiazole rings is 1. The molecule has 7 nitrogen and oxygen atoms in total. The highest BCUT2D eigenvalue weighted by Gasteiger charge is 2.10. The fourth-order valence-electron chi connectivity index (χ4n) is 2.38. The van der Waals surface area contributed by atoms with Crippen molar-refractivity contribution in [2.24, 2.45) is 0 Å². The van der Waals surface area contributed by atoms with Gasteiger partial charge in [0, 0.05) is 23.4 Å². The number of thioether (sulfide) groups is 1. The lowest BCUT2D eigenvalue weighted by atomic mass is 10.1. The summed E-state index contributed by atoms with van der Waals surface area (Å²) >= 11 is 2.79. The normalized spacial score (nSPS) is 11.1. The molecule has 0 radical (unpaired) electrons. The van der Waals surface area contributed by atoms with E-state index in [0.717, 1.165) is 11.3 Å². The molecule has 4 rings (SSSR count). The average molecular weight is 386 g/mol. The summed E-state index contributed by atoms with van der Waals surface area (Å²) in [4.78, 5) is 17.1. The molecule has 1 aromatic carbocycles. The number of nitrogens with zero attached hydrogens (tertiary/aromatic N) is 4. The Labute approximate surface area is 156 Å². The lowest BCUT2D eigenvalue weighted by Gasteiger charge is -2.00. The summed E-state index contributed by atoms with van der Waals surface area (Å²) in [5.41, 5.74) is 1.67. The average Bonchev–Trinajstić information content (AvgIpc) is 3.30. The van der Waals surface area contributed by atoms with Crippen LogP contribution in [0.2, 0.25) is 0 Å². The molecule has 3 heterocycles. The number of benzene rings is 1. The predicted octanol–water partition coefficient (Wildman–Crippen LogP) is 3.03. The van der Waals surface area contributed by atoms with Crippen LogP contribution in [0.3, 0.4) is 0 Å². The zero-order valence-corrected chi connectivity index (χ0v) is 15.4. The first-order valence-corrected chi connectivity index (χ1v) is 9.62. The van der Waals surface area contributed by atoms with Crippen molar-refractivity contribution in [1.82, 2.24) is 19.6 Å². The third-order valence-corrected chi connectivity index (χ3v) is 5.27. The summed E-state index contributed by atoms with van der Waals surface area (Å²) in [5, 5.41) is 10.4. The van der Waals surface area contributed by atoms with Gasteiger partial charge in [-0.15, -0.1) is 21.5 Å². The molecule has 0 bridgehead atoms. The fraction of sp³-hybridized carbons (Fsp3) is 0.176. The first kappa shape index (κ1) is 16.8. The van der Waals surface area contributed by atoms with Gasteiger partial charge in [-0.2, -0.15) is 0 Å². The van der Waals surface area contributed by atoms with Crippen molar-refractivity contribution in [3.05, 3.63) is 69.4 Å². The minimum Gasteiger partial charge on any atom is -0.497 e. The van der Waals surface area contributed by atoms with Crippen molar-refractivity contribution in [2.45, 2.75) is 17.4 Å². The van der Waals surface area contributed by atoms with Gasteiger partial charge in [0.15, 0.2) is 4.96 Å². The van der Waals surface area contributed by atoms with Gasteiger partial charge >= 0.3 is 0 Å². The molecule has 0 aliphatic heterocycles. The van der Waals surface area contributed by atoms with E-state index in [1.54, 1.807) is 13.3 Å². The molecule has 0 fully saturated rings. The highest BCUT2D eigenvalue weighted by molar-refractivity contribution is 7.98. The lowest BCUT2D eigenvalue weighted by Crippen LogP contribution is -2.12. The van der Waals surface area contributed by atoms with Crippen LogP contribution in [0.4, 0.5) is 0 Å². The zero-order valence-electron chi connectivity index (χ0n) is 13.8. The van der Waals surface area contributed by atoms with E-state index in [2.05, 4.69) is 15.2 Å². The van der Waals surface area contributed by atoms with Crippen molar-refractivity contribution in [3.63, 3.8) is 0 Å². The second-order valence-corrected chi connectivity index (χ2v) is 7.22. The predicted molar refractivity (Wildman–Crippen MR) is 99.0 cm³/mol. The maximum Gasteiger partial charge on any atom is 0.276 e. The van der Waals surface area contributed by atoms with Crippen molar-refractivity contribution in [1.29, 1.82) is 0 Å². The van der Waals surface area contributed by atoms with E-state index in [-0.39, 0.29) is 5.56 Å². The maximum atomic E-state index is 12.0. The van der Waals surface area contributed by atoms with Crippen LogP contribution in [0.5, 0.6) is 5.75 Å². The first-order chi connectivity index (χ1) is 12.7. The van der Waals surface area contributed by atoms with Crippen LogP contribution in [-0.2, 0) is 12.2 Å². The van der Waals surface area contributed by atoms with Crippen LogP contribution in [0.1, 0.15) is 17.1 Å². The summed E-state index contributed by atoms with van der Waals surface area (Å²) in [6, 6.07) is 9.24. The van der Waals surface area contributed by atoms with Gasteiger partial charge in [-0.05, 0) is 17.7 Å². The van der Waals surface area contributed by atoms with E-state index in [0.29, 0.717) is 33.9 Å². The Bertz CT molecular complexity index is 1090. The summed E-state index contributed by atoms with van der Waals surface area (Å²) in [5.74, 6) is 1.84. The molecule has 0 saturated heterocycles. The molecule has 132 valence electrons. The smallest absolute Gasteiger partial charge is 0.276 e. The maximum absolute atomic E-state index is 12.0. The van der Waals surface area contributed by atoms with Crippen LogP contribution in [-0.4, -0.2) is 26.7 Å². The molecule has 0 saturated carbocycles. The van der Waals surface area contributed by atoms with Gasteiger partial charge in [-0.25, -0.2) is 4.98 Å². The Morgan fingerprint density at radius 3 is 2.92 bits per heavy atom. The number of fused-ring (bicyclic) bond motifs is 1. The Kier molecular flexibility index (Phi) is 4.72. The number of hydrogen-bond donors (Lipinski definition) is 0. The Morgan fingerprint density at radius 1 is 1.27 bits per heavy atom. The third-order valence-electron chi connectivity index (χ3n) is 3.66. The van der Waals surface area contributed by atoms with Crippen molar-refractivity contribution >= 4 is 28.1 Å². The summed E-state index contributed by atoms with van der Waals surface area (Å²) < 4.78 is 12.3. The number of methoxy groups -OCH3 is 1. The van der Waals surface area contributed by atoms with Gasteiger partial charge in [0.1, 0.15) is 5.75 Å². The van der Waals surface area contributed by atoms with E-state index in [9.17, 15) is 4.79 Å². The van der Waals surface area contributed by atoms with E-state index in [1.165, 1.54) is 33.6 Å². The Balaban J connectivity index is 1.41. The van der Waals surface area contributed by atoms with Crippen LogP contribution >= 0.6 is 23.1 Å². The molecule has 0 unspecified atom stereocenters. The molecule has 0 amide bonds. The summed E-state index contributed by atoms with van der Waals surface area (Å²) in [6.45, 7) is 0. The number of hydrogen-bond acceptors (Lipinski definition) is 8. The standard InChI is InChI=1S/C17H14N4O3S2/c1-23-13-4-2-11(3-5-13)8-14-19-20-17(24-14)26-10-12-9-15(22)21-6-7-25-16(21)18-12/h2-7,9H,8,10H2,1H3. The SMILES string of the molecule is COc1ccc(Cc2nnc(SCc3cc(=O)n4ccsc4n3)o2)cc1. The Morgan fingerprint density at radius 2 is 2.12 bits per heavy atom. The second kappa shape index (κ2) is 7.30. The van der Waals surface area contributed by atoms with E-state index >= 15 is 0 Å². The summed E-state index contributed by atoms with van der Waals surface area (Å²) in [7, 11) is 1.63. The van der Waals surface area contributed by atoms with Crippen molar-refractivity contribution < 1.29 is 9.15 Å². The number of rotatable bonds is 6.